The molecule has 1 aromatic heterocycles. The van der Waals surface area contributed by atoms with Crippen molar-refractivity contribution in [3.63, 3.8) is 0 Å². The number of pyridine rings is 1. The molecule has 0 bridgehead atoms. The second-order valence-electron chi connectivity index (χ2n) is 8.20. The average Bonchev–Trinajstić information content (AvgIpc) is 3.20. The number of thioether (sulfide) groups is 1. The Morgan fingerprint density at radius 1 is 1.45 bits per heavy atom. The van der Waals surface area contributed by atoms with Crippen molar-refractivity contribution < 1.29 is 17.9 Å². The van der Waals surface area contributed by atoms with Crippen LogP contribution >= 0.6 is 23.4 Å². The first-order valence-corrected chi connectivity index (χ1v) is 10.6. The van der Waals surface area contributed by atoms with Gasteiger partial charge >= 0.3 is 0 Å². The van der Waals surface area contributed by atoms with Gasteiger partial charge in [0.2, 0.25) is 0 Å². The van der Waals surface area contributed by atoms with Gasteiger partial charge in [-0.1, -0.05) is 29.4 Å². The molecule has 1 unspecified atom stereocenters. The van der Waals surface area contributed by atoms with Crippen LogP contribution in [0.3, 0.4) is 0 Å². The van der Waals surface area contributed by atoms with Crippen molar-refractivity contribution in [1.29, 1.82) is 5.41 Å². The predicted molar refractivity (Wildman–Crippen MR) is 116 cm³/mol. The van der Waals surface area contributed by atoms with E-state index in [1.165, 1.54) is 31.0 Å². The molecule has 0 spiro atoms. The van der Waals surface area contributed by atoms with E-state index in [9.17, 15) is 4.39 Å². The Bertz CT molecular complexity index is 1060. The first-order valence-electron chi connectivity index (χ1n) is 9.39. The molecule has 3 aliphatic rings. The molecule has 1 aromatic rings. The maximum Gasteiger partial charge on any atom is 0.272 e. The molecule has 31 heavy (non-hydrogen) atoms. The molecular weight excluding hydrogens is 451 g/mol. The maximum atomic E-state index is 15.4. The van der Waals surface area contributed by atoms with Crippen molar-refractivity contribution in [3.8, 4) is 0 Å². The number of nitrogens with two attached hydrogens (primary N) is 2. The van der Waals surface area contributed by atoms with E-state index in [0.29, 0.717) is 5.56 Å². The van der Waals surface area contributed by atoms with Crippen molar-refractivity contribution in [2.45, 2.75) is 35.0 Å². The van der Waals surface area contributed by atoms with Gasteiger partial charge < -0.3 is 16.2 Å². The largest absolute Gasteiger partial charge is 0.400 e. The highest BCUT2D eigenvalue weighted by molar-refractivity contribution is 8.13. The van der Waals surface area contributed by atoms with Crippen LogP contribution < -0.4 is 11.5 Å². The van der Waals surface area contributed by atoms with Crippen LogP contribution in [-0.2, 0) is 10.2 Å². The summed E-state index contributed by atoms with van der Waals surface area (Å²) >= 11 is 7.14. The number of rotatable bonds is 5. The van der Waals surface area contributed by atoms with Crippen molar-refractivity contribution in [1.82, 2.24) is 4.98 Å². The molecule has 1 aliphatic heterocycles. The second kappa shape index (κ2) is 6.98. The van der Waals surface area contributed by atoms with Crippen LogP contribution in [0, 0.1) is 11.3 Å². The Balaban J connectivity index is 2.01. The number of nitrogens with zero attached hydrogens (tertiary/aromatic N) is 2. The van der Waals surface area contributed by atoms with Crippen LogP contribution in [0.5, 0.6) is 0 Å². The third kappa shape index (κ3) is 2.81. The number of hydrogen-bond donors (Lipinski definition) is 3. The van der Waals surface area contributed by atoms with Crippen LogP contribution in [0.15, 0.2) is 40.9 Å². The smallest absolute Gasteiger partial charge is 0.272 e. The lowest BCUT2D eigenvalue weighted by Crippen LogP contribution is -2.54. The number of nitrogens with one attached hydrogen (secondary N) is 1. The fourth-order valence-electron chi connectivity index (χ4n) is 5.06. The molecule has 0 saturated heterocycles. The Labute approximate surface area is 186 Å². The fraction of sp³-hybridized carbons (Fsp3) is 0.450. The molecular formula is C20H21ClF3N5OS. The lowest BCUT2D eigenvalue weighted by atomic mass is 9.59. The summed E-state index contributed by atoms with van der Waals surface area (Å²) in [5.41, 5.74) is 10.5. The third-order valence-electron chi connectivity index (χ3n) is 6.60. The Kier molecular flexibility index (Phi) is 4.99. The molecule has 0 amide bonds. The molecule has 5 N–H and O–H groups in total. The van der Waals surface area contributed by atoms with Crippen molar-refractivity contribution in [3.05, 3.63) is 52.2 Å². The summed E-state index contributed by atoms with van der Waals surface area (Å²) in [6, 6.07) is 1.51. The highest BCUT2D eigenvalue weighted by atomic mass is 35.5. The first kappa shape index (κ1) is 22.2. The van der Waals surface area contributed by atoms with Gasteiger partial charge in [-0.2, -0.15) is 0 Å². The number of alkyl halides is 2. The number of nitrogen functional groups attached to an aromatic ring is 1. The van der Waals surface area contributed by atoms with E-state index >= 15 is 8.78 Å². The van der Waals surface area contributed by atoms with Gasteiger partial charge in [0.15, 0.2) is 0 Å². The molecule has 4 atom stereocenters. The van der Waals surface area contributed by atoms with E-state index in [0.717, 1.165) is 17.8 Å². The van der Waals surface area contributed by atoms with E-state index in [1.54, 1.807) is 6.92 Å². The summed E-state index contributed by atoms with van der Waals surface area (Å²) in [4.78, 5) is 8.70. The Morgan fingerprint density at radius 3 is 2.77 bits per heavy atom. The summed E-state index contributed by atoms with van der Waals surface area (Å²) in [6.45, 7) is 1.40. The van der Waals surface area contributed by atoms with Gasteiger partial charge in [0.25, 0.3) is 5.92 Å². The molecule has 0 radical (unpaired) electrons. The zero-order valence-corrected chi connectivity index (χ0v) is 18.3. The number of hydrogen-bond acceptors (Lipinski definition) is 6. The van der Waals surface area contributed by atoms with Gasteiger partial charge in [-0.15, -0.1) is 0 Å². The number of aliphatic imine (C=N–C) groups is 1. The third-order valence-corrected chi connectivity index (χ3v) is 8.06. The number of fused-ring (bicyclic) bond motifs is 1. The van der Waals surface area contributed by atoms with Crippen LogP contribution in [0.25, 0.3) is 0 Å². The average molecular weight is 472 g/mol. The van der Waals surface area contributed by atoms with Gasteiger partial charge in [-0.05, 0) is 24.6 Å². The predicted octanol–water partition coefficient (Wildman–Crippen LogP) is 3.54. The molecule has 1 fully saturated rings. The van der Waals surface area contributed by atoms with Crippen LogP contribution in [0.1, 0.15) is 24.6 Å². The minimum Gasteiger partial charge on any atom is -0.400 e. The van der Waals surface area contributed by atoms with Gasteiger partial charge in [0.05, 0.1) is 28.6 Å². The van der Waals surface area contributed by atoms with Crippen molar-refractivity contribution in [2.75, 3.05) is 13.7 Å². The normalized spacial score (nSPS) is 35.7. The SMILES string of the molecule is COCC12SC=N[C@](C)([C@]3(c4cc(Cl)cnc4C(=N)N)C=CC(F)=C(N)C3)[C@@H]1C2(F)F. The number of aromatic nitrogens is 1. The zero-order chi connectivity index (χ0) is 22.8. The summed E-state index contributed by atoms with van der Waals surface area (Å²) in [5.74, 6) is -5.40. The number of amidine groups is 1. The number of allylic oxidation sites excluding steroid dienone is 3. The molecule has 2 heterocycles. The standard InChI is InChI=1S/C20H21ClF3N5OS/c1-17(16-19(8-30-2,20(16,23)24)31-9-29-17)18(4-3-12(22)13(25)6-18)11-5-10(21)7-28-14(11)15(26)27/h3-5,7,9,16H,6,8,25H2,1-2H3,(H3,26,27)/t16-,17-,18+,19?/m0/s1. The quantitative estimate of drug-likeness (QED) is 0.449. The van der Waals surface area contributed by atoms with Gasteiger partial charge in [0, 0.05) is 30.8 Å². The lowest BCUT2D eigenvalue weighted by molar-refractivity contribution is 0.0564. The summed E-state index contributed by atoms with van der Waals surface area (Å²) in [7, 11) is 1.37. The lowest BCUT2D eigenvalue weighted by Gasteiger charge is -2.48. The van der Waals surface area contributed by atoms with Crippen LogP contribution in [0.2, 0.25) is 5.02 Å². The number of halogens is 4. The first-order chi connectivity index (χ1) is 14.5. The van der Waals surface area contributed by atoms with Crippen molar-refractivity contribution in [2.24, 2.45) is 22.4 Å². The molecule has 11 heteroatoms. The van der Waals surface area contributed by atoms with Gasteiger partial charge in [-0.3, -0.25) is 15.4 Å². The molecule has 166 valence electrons. The van der Waals surface area contributed by atoms with E-state index in [4.69, 9.17) is 33.2 Å². The highest BCUT2D eigenvalue weighted by Crippen LogP contribution is 2.75. The molecule has 2 aliphatic carbocycles. The van der Waals surface area contributed by atoms with Crippen LogP contribution in [0.4, 0.5) is 13.2 Å². The summed E-state index contributed by atoms with van der Waals surface area (Å²) in [6.07, 6.45) is 3.76. The minimum atomic E-state index is -3.11. The van der Waals surface area contributed by atoms with Crippen molar-refractivity contribution >= 4 is 34.7 Å². The van der Waals surface area contributed by atoms with E-state index in [1.807, 2.05) is 0 Å². The Morgan fingerprint density at radius 2 is 2.16 bits per heavy atom. The molecule has 6 nitrogen and oxygen atoms in total. The van der Waals surface area contributed by atoms with Gasteiger partial charge in [-0.25, -0.2) is 13.2 Å². The van der Waals surface area contributed by atoms with E-state index in [2.05, 4.69) is 9.98 Å². The monoisotopic (exact) mass is 471 g/mol. The molecule has 4 rings (SSSR count). The van der Waals surface area contributed by atoms with Gasteiger partial charge in [0.1, 0.15) is 22.1 Å². The van der Waals surface area contributed by atoms with E-state index < -0.39 is 33.4 Å². The maximum absolute atomic E-state index is 15.4. The summed E-state index contributed by atoms with van der Waals surface area (Å²) < 4.78 is 48.6. The second-order valence-corrected chi connectivity index (χ2v) is 9.81. The highest BCUT2D eigenvalue weighted by Gasteiger charge is 2.88. The minimum absolute atomic E-state index is 0.0557. The zero-order valence-electron chi connectivity index (χ0n) is 16.8. The fourth-order valence-corrected chi connectivity index (χ4v) is 6.59. The number of ether oxygens (including phenoxy) is 1. The van der Waals surface area contributed by atoms with E-state index in [-0.39, 0.29) is 35.3 Å². The topological polar surface area (TPSA) is 110 Å². The molecule has 1 saturated carbocycles. The summed E-state index contributed by atoms with van der Waals surface area (Å²) in [5, 5.41) is 8.20. The Hall–Kier alpha value is -2.04. The number of methoxy groups -OCH3 is 1. The van der Waals surface area contributed by atoms with Crippen LogP contribution in [-0.4, -0.2) is 46.3 Å². The molecule has 0 aromatic carbocycles.